The van der Waals surface area contributed by atoms with Gasteiger partial charge in [-0.2, -0.15) is 0 Å². The maximum atomic E-state index is 11.8. The van der Waals surface area contributed by atoms with Crippen LogP contribution in [0, 0.1) is 0 Å². The van der Waals surface area contributed by atoms with E-state index < -0.39 is 0 Å². The zero-order valence-corrected chi connectivity index (χ0v) is 10.3. The highest BCUT2D eigenvalue weighted by Crippen LogP contribution is 2.24. The van der Waals surface area contributed by atoms with Gasteiger partial charge in [-0.15, -0.1) is 0 Å². The van der Waals surface area contributed by atoms with E-state index in [2.05, 4.69) is 0 Å². The van der Waals surface area contributed by atoms with Gasteiger partial charge in [0.05, 0.1) is 17.9 Å². The fraction of sp³-hybridized carbons (Fsp3) is 0.538. The van der Waals surface area contributed by atoms with E-state index in [1.807, 2.05) is 4.57 Å². The summed E-state index contributed by atoms with van der Waals surface area (Å²) in [5.41, 5.74) is 2.15. The van der Waals surface area contributed by atoms with Crippen LogP contribution in [0.4, 0.5) is 0 Å². The molecule has 0 saturated carbocycles. The number of esters is 1. The maximum Gasteiger partial charge on any atom is 0.339 e. The summed E-state index contributed by atoms with van der Waals surface area (Å²) in [5, 5.41) is 0. The van der Waals surface area contributed by atoms with Crippen molar-refractivity contribution in [3.63, 3.8) is 0 Å². The molecule has 1 aromatic heterocycles. The largest absolute Gasteiger partial charge is 0.462 e. The van der Waals surface area contributed by atoms with Gasteiger partial charge in [0.25, 0.3) is 0 Å². The highest BCUT2D eigenvalue weighted by atomic mass is 16.5. The van der Waals surface area contributed by atoms with Gasteiger partial charge in [0.15, 0.2) is 5.78 Å². The van der Waals surface area contributed by atoms with E-state index in [4.69, 9.17) is 4.74 Å². The SMILES string of the molecule is CCOC(=O)c1cc(C(C)=O)n2c1CCCC2. The van der Waals surface area contributed by atoms with Gasteiger partial charge >= 0.3 is 5.97 Å². The molecule has 0 aliphatic carbocycles. The number of carbonyl (C=O) groups is 2. The Morgan fingerprint density at radius 3 is 2.82 bits per heavy atom. The second-order valence-electron chi connectivity index (χ2n) is 4.28. The normalized spacial score (nSPS) is 14.2. The van der Waals surface area contributed by atoms with Crippen LogP contribution in [0.25, 0.3) is 0 Å². The molecule has 1 aliphatic rings. The van der Waals surface area contributed by atoms with Crippen LogP contribution in [-0.4, -0.2) is 22.9 Å². The Morgan fingerprint density at radius 2 is 2.18 bits per heavy atom. The first-order valence-corrected chi connectivity index (χ1v) is 6.05. The van der Waals surface area contributed by atoms with Crippen LogP contribution in [0.1, 0.15) is 53.2 Å². The second-order valence-corrected chi connectivity index (χ2v) is 4.28. The van der Waals surface area contributed by atoms with Crippen LogP contribution in [-0.2, 0) is 17.7 Å². The zero-order chi connectivity index (χ0) is 12.4. The first-order chi connectivity index (χ1) is 8.15. The van der Waals surface area contributed by atoms with Gasteiger partial charge in [0, 0.05) is 19.2 Å². The molecule has 0 amide bonds. The minimum atomic E-state index is -0.314. The van der Waals surface area contributed by atoms with E-state index in [1.165, 1.54) is 6.92 Å². The average Bonchev–Trinajstić information content (AvgIpc) is 2.69. The van der Waals surface area contributed by atoms with Crippen LogP contribution in [0.2, 0.25) is 0 Å². The summed E-state index contributed by atoms with van der Waals surface area (Å²) in [6.45, 7) is 4.50. The molecule has 92 valence electrons. The summed E-state index contributed by atoms with van der Waals surface area (Å²) in [6, 6.07) is 1.68. The lowest BCUT2D eigenvalue weighted by Gasteiger charge is -2.17. The molecular weight excluding hydrogens is 218 g/mol. The molecular formula is C13H17NO3. The third-order valence-corrected chi connectivity index (χ3v) is 3.11. The Bertz CT molecular complexity index is 459. The van der Waals surface area contributed by atoms with Gasteiger partial charge < -0.3 is 9.30 Å². The molecule has 1 aliphatic heterocycles. The number of hydrogen-bond donors (Lipinski definition) is 0. The van der Waals surface area contributed by atoms with E-state index in [0.717, 1.165) is 31.5 Å². The van der Waals surface area contributed by atoms with E-state index in [9.17, 15) is 9.59 Å². The molecule has 17 heavy (non-hydrogen) atoms. The van der Waals surface area contributed by atoms with Crippen molar-refractivity contribution in [2.75, 3.05) is 6.61 Å². The van der Waals surface area contributed by atoms with Crippen molar-refractivity contribution >= 4 is 11.8 Å². The molecule has 2 heterocycles. The molecule has 0 spiro atoms. The number of aromatic nitrogens is 1. The van der Waals surface area contributed by atoms with Crippen molar-refractivity contribution in [2.24, 2.45) is 0 Å². The minimum Gasteiger partial charge on any atom is -0.462 e. The first kappa shape index (κ1) is 11.9. The smallest absolute Gasteiger partial charge is 0.339 e. The first-order valence-electron chi connectivity index (χ1n) is 6.05. The van der Waals surface area contributed by atoms with Crippen LogP contribution < -0.4 is 0 Å². The lowest BCUT2D eigenvalue weighted by molar-refractivity contribution is 0.0524. The molecule has 0 unspecified atom stereocenters. The summed E-state index contributed by atoms with van der Waals surface area (Å²) < 4.78 is 6.99. The zero-order valence-electron chi connectivity index (χ0n) is 10.3. The second kappa shape index (κ2) is 4.73. The van der Waals surface area contributed by atoms with Crippen LogP contribution in [0.3, 0.4) is 0 Å². The van der Waals surface area contributed by atoms with Crippen molar-refractivity contribution in [3.8, 4) is 0 Å². The number of nitrogens with zero attached hydrogens (tertiary/aromatic N) is 1. The van der Waals surface area contributed by atoms with Gasteiger partial charge in [-0.3, -0.25) is 4.79 Å². The lowest BCUT2D eigenvalue weighted by atomic mass is 10.1. The molecule has 0 radical (unpaired) electrons. The van der Waals surface area contributed by atoms with E-state index in [0.29, 0.717) is 17.9 Å². The molecule has 0 bridgehead atoms. The number of ether oxygens (including phenoxy) is 1. The predicted octanol–water partition coefficient (Wildman–Crippen LogP) is 2.20. The van der Waals surface area contributed by atoms with Gasteiger partial charge in [-0.1, -0.05) is 0 Å². The summed E-state index contributed by atoms with van der Waals surface area (Å²) in [5.74, 6) is -0.311. The van der Waals surface area contributed by atoms with Gasteiger partial charge in [-0.25, -0.2) is 4.79 Å². The highest BCUT2D eigenvalue weighted by Gasteiger charge is 2.24. The third kappa shape index (κ3) is 2.12. The topological polar surface area (TPSA) is 48.3 Å². The number of hydrogen-bond acceptors (Lipinski definition) is 3. The molecule has 0 N–H and O–H groups in total. The monoisotopic (exact) mass is 235 g/mol. The molecule has 4 heteroatoms. The van der Waals surface area contributed by atoms with Crippen LogP contribution >= 0.6 is 0 Å². The third-order valence-electron chi connectivity index (χ3n) is 3.11. The summed E-state index contributed by atoms with van der Waals surface area (Å²) >= 11 is 0. The summed E-state index contributed by atoms with van der Waals surface area (Å²) in [4.78, 5) is 23.3. The Hall–Kier alpha value is -1.58. The van der Waals surface area contributed by atoms with E-state index in [1.54, 1.807) is 13.0 Å². The molecule has 0 aromatic carbocycles. The Labute approximate surface area is 101 Å². The van der Waals surface area contributed by atoms with E-state index >= 15 is 0 Å². The molecule has 1 aromatic rings. The average molecular weight is 235 g/mol. The number of carbonyl (C=O) groups excluding carboxylic acids is 2. The fourth-order valence-corrected chi connectivity index (χ4v) is 2.35. The highest BCUT2D eigenvalue weighted by molar-refractivity contribution is 5.98. The molecule has 0 saturated heterocycles. The van der Waals surface area contributed by atoms with Crippen molar-refractivity contribution in [3.05, 3.63) is 23.0 Å². The number of Topliss-reactive ketones (excluding diaryl/α,β-unsaturated/α-hetero) is 1. The maximum absolute atomic E-state index is 11.8. The number of rotatable bonds is 3. The lowest BCUT2D eigenvalue weighted by Crippen LogP contribution is -2.16. The van der Waals surface area contributed by atoms with Crippen molar-refractivity contribution in [1.82, 2.24) is 4.57 Å². The Kier molecular flexibility index (Phi) is 3.31. The summed E-state index contributed by atoms with van der Waals surface area (Å²) in [7, 11) is 0. The van der Waals surface area contributed by atoms with Gasteiger partial charge in [0.2, 0.25) is 0 Å². The quantitative estimate of drug-likeness (QED) is 0.596. The van der Waals surface area contributed by atoms with Crippen molar-refractivity contribution in [2.45, 2.75) is 39.7 Å². The summed E-state index contributed by atoms with van der Waals surface area (Å²) in [6.07, 6.45) is 2.97. The molecule has 0 fully saturated rings. The van der Waals surface area contributed by atoms with Crippen LogP contribution in [0.15, 0.2) is 6.07 Å². The standard InChI is InChI=1S/C13H17NO3/c1-3-17-13(16)10-8-12(9(2)15)14-7-5-4-6-11(10)14/h8H,3-7H2,1-2H3. The molecule has 0 atom stereocenters. The van der Waals surface area contributed by atoms with Crippen molar-refractivity contribution in [1.29, 1.82) is 0 Å². The predicted molar refractivity (Wildman–Crippen MR) is 63.3 cm³/mol. The van der Waals surface area contributed by atoms with Gasteiger partial charge in [-0.05, 0) is 32.3 Å². The molecule has 4 nitrogen and oxygen atoms in total. The number of ketones is 1. The van der Waals surface area contributed by atoms with Gasteiger partial charge in [0.1, 0.15) is 0 Å². The van der Waals surface area contributed by atoms with E-state index in [-0.39, 0.29) is 11.8 Å². The Balaban J connectivity index is 2.45. The van der Waals surface area contributed by atoms with Crippen molar-refractivity contribution < 1.29 is 14.3 Å². The molecule has 2 rings (SSSR count). The fourth-order valence-electron chi connectivity index (χ4n) is 2.35. The minimum absolute atomic E-state index is 0.00342. The number of fused-ring (bicyclic) bond motifs is 1. The van der Waals surface area contributed by atoms with Crippen LogP contribution in [0.5, 0.6) is 0 Å². The Morgan fingerprint density at radius 1 is 1.41 bits per heavy atom.